The molecule has 12 rings (SSSR count). The molecular weight excluding hydrogens is 741 g/mol. The van der Waals surface area contributed by atoms with E-state index < -0.39 is 0 Å². The van der Waals surface area contributed by atoms with Crippen molar-refractivity contribution in [1.29, 1.82) is 0 Å². The summed E-state index contributed by atoms with van der Waals surface area (Å²) < 4.78 is 18.4. The zero-order chi connectivity index (χ0) is 38.7. The third kappa shape index (κ3) is 6.09. The lowest BCUT2D eigenvalue weighted by molar-refractivity contribution is 0.0672. The Balaban J connectivity index is 0.000000133. The molecule has 18 nitrogen and oxygen atoms in total. The predicted octanol–water partition coefficient (Wildman–Crippen LogP) is 4.35. The molecule has 0 aromatic carbocycles. The molecule has 2 saturated carbocycles. The summed E-state index contributed by atoms with van der Waals surface area (Å²) in [5.41, 5.74) is 4.79. The molecular formula is C40H42N14O4. The van der Waals surface area contributed by atoms with E-state index in [1.807, 2.05) is 46.0 Å². The Morgan fingerprint density at radius 1 is 0.534 bits per heavy atom. The smallest absolute Gasteiger partial charge is 0.262 e. The Kier molecular flexibility index (Phi) is 8.67. The summed E-state index contributed by atoms with van der Waals surface area (Å²) in [4.78, 5) is 50.7. The number of hydrogen-bond donors (Lipinski definition) is 2. The molecule has 18 heteroatoms. The Hall–Kier alpha value is -6.14. The number of imidazole rings is 2. The fourth-order valence-electron chi connectivity index (χ4n) is 9.07. The van der Waals surface area contributed by atoms with Crippen LogP contribution >= 0.6 is 0 Å². The standard InChI is InChI=1S/2C20H21N7O2/c2*28-20-15-10-22-27(12-5-8-29-9-6-12)19(15)24-18(25-20)14-4-3-13(14)16-11-26-17(23-16)2-1-7-21-26/h2*1-2,7,10-14H,3-6,8-9H2,(H,24,25,28)/t2*13-,14+/m10/s1. The van der Waals surface area contributed by atoms with Gasteiger partial charge in [-0.2, -0.15) is 20.4 Å². The van der Waals surface area contributed by atoms with Crippen molar-refractivity contribution in [2.75, 3.05) is 26.4 Å². The SMILES string of the molecule is O=c1[nH]c([C@@H]2CC[C@@H]2c2cn3ncccc3n2)nc2c1cnn2C1CCOCC1.O=c1[nH]c([C@H]2CC[C@H]2c2cn3ncccc3n2)nc2c1cnn2C1CCOCC1. The minimum absolute atomic E-state index is 0.120. The van der Waals surface area contributed by atoms with Crippen molar-refractivity contribution in [1.82, 2.24) is 68.7 Å². The van der Waals surface area contributed by atoms with Crippen molar-refractivity contribution in [2.24, 2.45) is 0 Å². The van der Waals surface area contributed by atoms with Gasteiger partial charge in [0, 0.05) is 62.5 Å². The summed E-state index contributed by atoms with van der Waals surface area (Å²) in [7, 11) is 0. The molecule has 4 atom stereocenters. The number of hydrogen-bond acceptors (Lipinski definition) is 12. The summed E-state index contributed by atoms with van der Waals surface area (Å²) in [6.07, 6.45) is 18.3. The summed E-state index contributed by atoms with van der Waals surface area (Å²) in [5.74, 6) is 2.23. The van der Waals surface area contributed by atoms with Crippen molar-refractivity contribution >= 4 is 33.4 Å². The van der Waals surface area contributed by atoms with Crippen LogP contribution in [-0.2, 0) is 9.47 Å². The van der Waals surface area contributed by atoms with Crippen LogP contribution in [0.1, 0.15) is 110 Å². The van der Waals surface area contributed by atoms with Crippen LogP contribution in [0.25, 0.3) is 33.4 Å². The van der Waals surface area contributed by atoms with E-state index in [9.17, 15) is 9.59 Å². The molecule has 0 amide bonds. The van der Waals surface area contributed by atoms with Gasteiger partial charge in [-0.15, -0.1) is 0 Å². The van der Waals surface area contributed by atoms with Crippen LogP contribution in [0, 0.1) is 0 Å². The highest BCUT2D eigenvalue weighted by Gasteiger charge is 2.39. The number of fused-ring (bicyclic) bond motifs is 4. The first-order valence-corrected chi connectivity index (χ1v) is 20.3. The number of H-pyrrole nitrogens is 2. The first kappa shape index (κ1) is 35.1. The molecule has 2 aliphatic heterocycles. The van der Waals surface area contributed by atoms with Crippen LogP contribution in [-0.4, -0.2) is 95.1 Å². The summed E-state index contributed by atoms with van der Waals surface area (Å²) >= 11 is 0. The van der Waals surface area contributed by atoms with Crippen LogP contribution in [0.4, 0.5) is 0 Å². The van der Waals surface area contributed by atoms with Gasteiger partial charge in [0.05, 0.1) is 48.3 Å². The molecule has 4 fully saturated rings. The van der Waals surface area contributed by atoms with E-state index in [0.29, 0.717) is 48.5 Å². The minimum Gasteiger partial charge on any atom is -0.381 e. The van der Waals surface area contributed by atoms with E-state index in [-0.39, 0.29) is 46.9 Å². The lowest BCUT2D eigenvalue weighted by Gasteiger charge is -2.34. The molecule has 10 heterocycles. The Bertz CT molecular complexity index is 2630. The van der Waals surface area contributed by atoms with Crippen LogP contribution in [0.5, 0.6) is 0 Å². The van der Waals surface area contributed by atoms with E-state index in [4.69, 9.17) is 29.4 Å². The van der Waals surface area contributed by atoms with Gasteiger partial charge in [-0.1, -0.05) is 0 Å². The first-order chi connectivity index (χ1) is 28.6. The zero-order valence-electron chi connectivity index (χ0n) is 31.7. The molecule has 0 spiro atoms. The maximum Gasteiger partial charge on any atom is 0.262 e. The van der Waals surface area contributed by atoms with E-state index in [1.54, 1.807) is 33.8 Å². The molecule has 0 bridgehead atoms. The Morgan fingerprint density at radius 2 is 0.966 bits per heavy atom. The second-order valence-electron chi connectivity index (χ2n) is 15.8. The van der Waals surface area contributed by atoms with Gasteiger partial charge < -0.3 is 19.4 Å². The quantitative estimate of drug-likeness (QED) is 0.242. The fraction of sp³-hybridized carbons (Fsp3) is 0.450. The highest BCUT2D eigenvalue weighted by Crippen LogP contribution is 2.48. The summed E-state index contributed by atoms with van der Waals surface area (Å²) in [6.45, 7) is 2.87. The largest absolute Gasteiger partial charge is 0.381 e. The maximum atomic E-state index is 12.7. The summed E-state index contributed by atoms with van der Waals surface area (Å²) in [5, 5.41) is 18.7. The Labute approximate surface area is 329 Å². The lowest BCUT2D eigenvalue weighted by atomic mass is 9.71. The topological polar surface area (TPSA) is 206 Å². The van der Waals surface area contributed by atoms with Gasteiger partial charge >= 0.3 is 0 Å². The third-order valence-corrected chi connectivity index (χ3v) is 12.6. The minimum atomic E-state index is -0.120. The highest BCUT2D eigenvalue weighted by molar-refractivity contribution is 5.74. The molecule has 2 saturated heterocycles. The Morgan fingerprint density at radius 3 is 1.36 bits per heavy atom. The van der Waals surface area contributed by atoms with Gasteiger partial charge in [0.15, 0.2) is 22.6 Å². The van der Waals surface area contributed by atoms with Gasteiger partial charge in [-0.25, -0.2) is 38.3 Å². The monoisotopic (exact) mass is 782 g/mol. The van der Waals surface area contributed by atoms with Crippen LogP contribution in [0.2, 0.25) is 0 Å². The van der Waals surface area contributed by atoms with Gasteiger partial charge in [0.25, 0.3) is 11.1 Å². The van der Waals surface area contributed by atoms with Crippen LogP contribution in [0.3, 0.4) is 0 Å². The van der Waals surface area contributed by atoms with Crippen molar-refractivity contribution in [2.45, 2.75) is 87.1 Å². The molecule has 0 radical (unpaired) electrons. The molecule has 2 aliphatic carbocycles. The number of aromatic amines is 2. The molecule has 0 unspecified atom stereocenters. The molecule has 58 heavy (non-hydrogen) atoms. The van der Waals surface area contributed by atoms with E-state index in [0.717, 1.165) is 85.7 Å². The van der Waals surface area contributed by atoms with Gasteiger partial charge in [0.1, 0.15) is 22.4 Å². The number of rotatable bonds is 6. The fourth-order valence-corrected chi connectivity index (χ4v) is 9.07. The summed E-state index contributed by atoms with van der Waals surface area (Å²) in [6, 6.07) is 8.12. The number of aromatic nitrogens is 14. The molecule has 2 N–H and O–H groups in total. The average Bonchev–Trinajstić information content (AvgIpc) is 4.03. The highest BCUT2D eigenvalue weighted by atomic mass is 16.5. The van der Waals surface area contributed by atoms with Crippen molar-refractivity contribution in [3.05, 3.63) is 105 Å². The lowest BCUT2D eigenvalue weighted by Crippen LogP contribution is -2.27. The van der Waals surface area contributed by atoms with Gasteiger partial charge in [0.2, 0.25) is 0 Å². The third-order valence-electron chi connectivity index (χ3n) is 12.6. The maximum absolute atomic E-state index is 12.7. The van der Waals surface area contributed by atoms with Crippen LogP contribution in [0.15, 0.2) is 71.0 Å². The second kappa shape index (κ2) is 14.4. The normalized spacial score (nSPS) is 22.9. The second-order valence-corrected chi connectivity index (χ2v) is 15.8. The molecule has 8 aromatic heterocycles. The zero-order valence-corrected chi connectivity index (χ0v) is 31.7. The predicted molar refractivity (Wildman–Crippen MR) is 210 cm³/mol. The van der Waals surface area contributed by atoms with Crippen molar-refractivity contribution < 1.29 is 9.47 Å². The van der Waals surface area contributed by atoms with Gasteiger partial charge in [-0.05, 0) is 75.6 Å². The number of nitrogens with one attached hydrogen (secondary N) is 2. The average molecular weight is 783 g/mol. The van der Waals surface area contributed by atoms with Crippen molar-refractivity contribution in [3.63, 3.8) is 0 Å². The van der Waals surface area contributed by atoms with Gasteiger partial charge in [-0.3, -0.25) is 9.59 Å². The number of ether oxygens (including phenoxy) is 2. The van der Waals surface area contributed by atoms with Crippen LogP contribution < -0.4 is 11.1 Å². The molecule has 296 valence electrons. The molecule has 4 aliphatic rings. The molecule has 8 aromatic rings. The first-order valence-electron chi connectivity index (χ1n) is 20.3. The van der Waals surface area contributed by atoms with E-state index in [1.165, 1.54) is 0 Å². The number of nitrogens with zero attached hydrogens (tertiary/aromatic N) is 12. The van der Waals surface area contributed by atoms with E-state index >= 15 is 0 Å². The van der Waals surface area contributed by atoms with E-state index in [2.05, 4.69) is 30.4 Å². The van der Waals surface area contributed by atoms with Crippen molar-refractivity contribution in [3.8, 4) is 0 Å².